The van der Waals surface area contributed by atoms with Crippen LogP contribution in [0.2, 0.25) is 0 Å². The average molecular weight is 366 g/mol. The summed E-state index contributed by atoms with van der Waals surface area (Å²) in [7, 11) is 0. The van der Waals surface area contributed by atoms with Crippen LogP contribution in [-0.4, -0.2) is 24.5 Å². The second-order valence-corrected chi connectivity index (χ2v) is 7.30. The highest BCUT2D eigenvalue weighted by atomic mass is 16.5. The van der Waals surface area contributed by atoms with E-state index in [-0.39, 0.29) is 30.3 Å². The van der Waals surface area contributed by atoms with Gasteiger partial charge in [0.25, 0.3) is 0 Å². The molecule has 5 nitrogen and oxygen atoms in total. The summed E-state index contributed by atoms with van der Waals surface area (Å²) < 4.78 is 5.64. The zero-order valence-corrected chi connectivity index (χ0v) is 16.3. The summed E-state index contributed by atoms with van der Waals surface area (Å²) in [6, 6.07) is 13.3. The molecule has 1 saturated heterocycles. The third kappa shape index (κ3) is 4.30. The molecule has 0 aromatic heterocycles. The Morgan fingerprint density at radius 1 is 1.15 bits per heavy atom. The van der Waals surface area contributed by atoms with Crippen LogP contribution in [0.25, 0.3) is 0 Å². The fourth-order valence-corrected chi connectivity index (χ4v) is 3.23. The first-order valence-electron chi connectivity index (χ1n) is 9.29. The molecule has 2 aromatic rings. The van der Waals surface area contributed by atoms with E-state index in [0.29, 0.717) is 6.54 Å². The van der Waals surface area contributed by atoms with Gasteiger partial charge in [0.1, 0.15) is 5.75 Å². The molecule has 27 heavy (non-hydrogen) atoms. The van der Waals surface area contributed by atoms with Crippen LogP contribution >= 0.6 is 0 Å². The molecule has 1 aliphatic heterocycles. The number of rotatable bonds is 5. The fraction of sp³-hybridized carbons (Fsp3) is 0.364. The predicted molar refractivity (Wildman–Crippen MR) is 107 cm³/mol. The van der Waals surface area contributed by atoms with Crippen LogP contribution in [0, 0.1) is 19.8 Å². The second-order valence-electron chi connectivity index (χ2n) is 7.30. The van der Waals surface area contributed by atoms with Gasteiger partial charge in [0.15, 0.2) is 0 Å². The van der Waals surface area contributed by atoms with Gasteiger partial charge in [-0.05, 0) is 69.2 Å². The highest BCUT2D eigenvalue weighted by Crippen LogP contribution is 2.28. The molecule has 1 aliphatic rings. The van der Waals surface area contributed by atoms with Crippen LogP contribution in [0.3, 0.4) is 0 Å². The highest BCUT2D eigenvalue weighted by molar-refractivity contribution is 6.03. The van der Waals surface area contributed by atoms with E-state index in [1.165, 1.54) is 0 Å². The summed E-state index contributed by atoms with van der Waals surface area (Å²) in [5, 5.41) is 2.98. The van der Waals surface area contributed by atoms with Crippen molar-refractivity contribution in [3.63, 3.8) is 0 Å². The Morgan fingerprint density at radius 3 is 2.52 bits per heavy atom. The van der Waals surface area contributed by atoms with Crippen molar-refractivity contribution in [3.05, 3.63) is 53.6 Å². The standard InChI is InChI=1S/C22H26N2O3/c1-14(2)27-19-10-8-18(9-11-19)24-13-17(12-21(24)25)22(26)23-20-7-5-6-15(3)16(20)4/h5-11,14,17H,12-13H2,1-4H3,(H,23,26)/t17-/m0/s1. The summed E-state index contributed by atoms with van der Waals surface area (Å²) in [6.07, 6.45) is 0.323. The second kappa shape index (κ2) is 7.82. The van der Waals surface area contributed by atoms with Crippen molar-refractivity contribution in [3.8, 4) is 5.75 Å². The van der Waals surface area contributed by atoms with Gasteiger partial charge in [0.2, 0.25) is 11.8 Å². The van der Waals surface area contributed by atoms with Crippen LogP contribution in [0.4, 0.5) is 11.4 Å². The Kier molecular flexibility index (Phi) is 5.49. The molecule has 1 atom stereocenters. The predicted octanol–water partition coefficient (Wildman–Crippen LogP) is 4.08. The Balaban J connectivity index is 1.67. The van der Waals surface area contributed by atoms with Gasteiger partial charge in [-0.2, -0.15) is 0 Å². The average Bonchev–Trinajstić information content (AvgIpc) is 3.01. The largest absolute Gasteiger partial charge is 0.491 e. The van der Waals surface area contributed by atoms with E-state index in [9.17, 15) is 9.59 Å². The first-order chi connectivity index (χ1) is 12.8. The van der Waals surface area contributed by atoms with Crippen LogP contribution in [-0.2, 0) is 9.59 Å². The van der Waals surface area contributed by atoms with Gasteiger partial charge in [-0.25, -0.2) is 0 Å². The molecule has 142 valence electrons. The lowest BCUT2D eigenvalue weighted by Gasteiger charge is -2.18. The van der Waals surface area contributed by atoms with Gasteiger partial charge in [-0.3, -0.25) is 9.59 Å². The molecular weight excluding hydrogens is 340 g/mol. The Hall–Kier alpha value is -2.82. The minimum atomic E-state index is -0.357. The molecule has 0 radical (unpaired) electrons. The number of anilines is 2. The SMILES string of the molecule is Cc1cccc(NC(=O)[C@H]2CC(=O)N(c3ccc(OC(C)C)cc3)C2)c1C. The first-order valence-corrected chi connectivity index (χ1v) is 9.29. The van der Waals surface area contributed by atoms with Crippen molar-refractivity contribution in [2.24, 2.45) is 5.92 Å². The third-order valence-corrected chi connectivity index (χ3v) is 4.88. The number of benzene rings is 2. The molecule has 1 N–H and O–H groups in total. The molecule has 2 amide bonds. The Morgan fingerprint density at radius 2 is 1.85 bits per heavy atom. The molecule has 3 rings (SSSR count). The molecule has 0 saturated carbocycles. The van der Waals surface area contributed by atoms with Crippen molar-refractivity contribution in [2.45, 2.75) is 40.2 Å². The van der Waals surface area contributed by atoms with E-state index in [2.05, 4.69) is 5.32 Å². The smallest absolute Gasteiger partial charge is 0.229 e. The lowest BCUT2D eigenvalue weighted by Crippen LogP contribution is -2.28. The zero-order chi connectivity index (χ0) is 19.6. The highest BCUT2D eigenvalue weighted by Gasteiger charge is 2.35. The monoisotopic (exact) mass is 366 g/mol. The molecule has 0 unspecified atom stereocenters. The van der Waals surface area contributed by atoms with Gasteiger partial charge in [-0.1, -0.05) is 12.1 Å². The number of amides is 2. The molecule has 5 heteroatoms. The van der Waals surface area contributed by atoms with E-state index in [1.54, 1.807) is 4.90 Å². The van der Waals surface area contributed by atoms with Crippen molar-refractivity contribution >= 4 is 23.2 Å². The molecule has 2 aromatic carbocycles. The molecule has 0 spiro atoms. The quantitative estimate of drug-likeness (QED) is 0.867. The normalized spacial score (nSPS) is 16.7. The molecule has 0 aliphatic carbocycles. The maximum atomic E-state index is 12.7. The van der Waals surface area contributed by atoms with E-state index in [0.717, 1.165) is 28.3 Å². The van der Waals surface area contributed by atoms with Gasteiger partial charge in [0.05, 0.1) is 12.0 Å². The number of carbonyl (C=O) groups is 2. The van der Waals surface area contributed by atoms with Gasteiger partial charge >= 0.3 is 0 Å². The summed E-state index contributed by atoms with van der Waals surface area (Å²) >= 11 is 0. The number of nitrogens with zero attached hydrogens (tertiary/aromatic N) is 1. The lowest BCUT2D eigenvalue weighted by molar-refractivity contribution is -0.122. The van der Waals surface area contributed by atoms with Crippen LogP contribution in [0.5, 0.6) is 5.75 Å². The Labute approximate surface area is 160 Å². The number of hydrogen-bond acceptors (Lipinski definition) is 3. The summed E-state index contributed by atoms with van der Waals surface area (Å²) in [6.45, 7) is 8.32. The minimum Gasteiger partial charge on any atom is -0.491 e. The van der Waals surface area contributed by atoms with Gasteiger partial charge < -0.3 is 15.0 Å². The molecule has 0 bridgehead atoms. The van der Waals surface area contributed by atoms with Crippen molar-refractivity contribution < 1.29 is 14.3 Å². The molecule has 1 heterocycles. The maximum Gasteiger partial charge on any atom is 0.229 e. The van der Waals surface area contributed by atoms with Crippen LogP contribution in [0.1, 0.15) is 31.4 Å². The van der Waals surface area contributed by atoms with Gasteiger partial charge in [0, 0.05) is 24.3 Å². The van der Waals surface area contributed by atoms with Crippen molar-refractivity contribution in [1.29, 1.82) is 0 Å². The van der Waals surface area contributed by atoms with E-state index < -0.39 is 0 Å². The number of hydrogen-bond donors (Lipinski definition) is 1. The maximum absolute atomic E-state index is 12.7. The van der Waals surface area contributed by atoms with E-state index in [4.69, 9.17) is 4.74 Å². The zero-order valence-electron chi connectivity index (χ0n) is 16.3. The molecule has 1 fully saturated rings. The van der Waals surface area contributed by atoms with E-state index >= 15 is 0 Å². The minimum absolute atomic E-state index is 0.0337. The van der Waals surface area contributed by atoms with Crippen molar-refractivity contribution in [2.75, 3.05) is 16.8 Å². The number of aryl methyl sites for hydroxylation is 1. The first kappa shape index (κ1) is 19.0. The number of ether oxygens (including phenoxy) is 1. The van der Waals surface area contributed by atoms with Gasteiger partial charge in [-0.15, -0.1) is 0 Å². The van der Waals surface area contributed by atoms with Crippen molar-refractivity contribution in [1.82, 2.24) is 0 Å². The van der Waals surface area contributed by atoms with Crippen LogP contribution < -0.4 is 15.0 Å². The fourth-order valence-electron chi connectivity index (χ4n) is 3.23. The van der Waals surface area contributed by atoms with E-state index in [1.807, 2.05) is 70.2 Å². The molecular formula is C22H26N2O3. The lowest BCUT2D eigenvalue weighted by atomic mass is 10.1. The Bertz CT molecular complexity index is 843. The topological polar surface area (TPSA) is 58.6 Å². The summed E-state index contributed by atoms with van der Waals surface area (Å²) in [5.74, 6) is 0.265. The number of nitrogens with one attached hydrogen (secondary N) is 1. The van der Waals surface area contributed by atoms with Crippen LogP contribution in [0.15, 0.2) is 42.5 Å². The summed E-state index contributed by atoms with van der Waals surface area (Å²) in [5.41, 5.74) is 3.77. The summed E-state index contributed by atoms with van der Waals surface area (Å²) in [4.78, 5) is 26.8. The third-order valence-electron chi connectivity index (χ3n) is 4.88. The number of carbonyl (C=O) groups excluding carboxylic acids is 2.